The molecule has 112 valence electrons. The predicted octanol–water partition coefficient (Wildman–Crippen LogP) is 4.14. The number of benzene rings is 1. The third-order valence-corrected chi connectivity index (χ3v) is 3.15. The molecule has 0 aromatic heterocycles. The van der Waals surface area contributed by atoms with Crippen molar-refractivity contribution < 1.29 is 9.13 Å². The summed E-state index contributed by atoms with van der Waals surface area (Å²) in [4.78, 5) is 0. The van der Waals surface area contributed by atoms with E-state index < -0.39 is 0 Å². The van der Waals surface area contributed by atoms with E-state index in [4.69, 9.17) is 10.1 Å². The fourth-order valence-corrected chi connectivity index (χ4v) is 2.29. The van der Waals surface area contributed by atoms with Gasteiger partial charge < -0.3 is 15.5 Å². The molecule has 3 nitrogen and oxygen atoms in total. The van der Waals surface area contributed by atoms with Gasteiger partial charge >= 0.3 is 0 Å². The first-order valence-corrected chi connectivity index (χ1v) is 7.29. The topological polar surface area (TPSA) is 45.1 Å². The summed E-state index contributed by atoms with van der Waals surface area (Å²) in [6.07, 6.45) is 2.33. The Morgan fingerprint density at radius 1 is 1.45 bits per heavy atom. The van der Waals surface area contributed by atoms with Crippen molar-refractivity contribution >= 4 is 11.4 Å². The van der Waals surface area contributed by atoms with Gasteiger partial charge in [-0.25, -0.2) is 4.39 Å². The predicted molar refractivity (Wildman–Crippen MR) is 82.5 cm³/mol. The quantitative estimate of drug-likeness (QED) is 0.814. The zero-order chi connectivity index (χ0) is 15.1. The second-order valence-corrected chi connectivity index (χ2v) is 4.81. The monoisotopic (exact) mass is 280 g/mol. The highest BCUT2D eigenvalue weighted by atomic mass is 19.1. The minimum atomic E-state index is -0.336. The fraction of sp³-hybridized carbons (Fsp3) is 0.562. The Balaban J connectivity index is 0.000000956. The van der Waals surface area contributed by atoms with E-state index in [9.17, 15) is 4.39 Å². The van der Waals surface area contributed by atoms with E-state index in [0.29, 0.717) is 17.8 Å². The molecule has 1 aliphatic heterocycles. The summed E-state index contributed by atoms with van der Waals surface area (Å²) in [5.74, 6) is -0.336. The van der Waals surface area contributed by atoms with Gasteiger partial charge in [-0.1, -0.05) is 13.8 Å². The van der Waals surface area contributed by atoms with Gasteiger partial charge in [0.25, 0.3) is 0 Å². The molecular weight excluding hydrogens is 255 g/mol. The molecule has 1 unspecified atom stereocenters. The lowest BCUT2D eigenvalue weighted by Gasteiger charge is -2.16. The Bertz CT molecular complexity index is 454. The molecular formula is C16H25FN2O. The minimum Gasteiger partial charge on any atom is -0.382 e. The van der Waals surface area contributed by atoms with E-state index in [1.165, 1.54) is 6.07 Å². The second-order valence-electron chi connectivity index (χ2n) is 4.81. The smallest absolute Gasteiger partial charge is 0.134 e. The van der Waals surface area contributed by atoms with Crippen LogP contribution in [0.4, 0.5) is 10.1 Å². The lowest BCUT2D eigenvalue weighted by molar-refractivity contribution is 0.120. The molecule has 2 N–H and O–H groups in total. The molecule has 1 aromatic rings. The van der Waals surface area contributed by atoms with Crippen molar-refractivity contribution in [2.75, 3.05) is 18.5 Å². The molecule has 1 atom stereocenters. The normalized spacial score (nSPS) is 17.4. The molecule has 0 radical (unpaired) electrons. The molecule has 1 heterocycles. The highest BCUT2D eigenvalue weighted by molar-refractivity contribution is 6.01. The summed E-state index contributed by atoms with van der Waals surface area (Å²) in [5, 5.41) is 10.9. The molecule has 4 heteroatoms. The van der Waals surface area contributed by atoms with Crippen LogP contribution in [0.25, 0.3) is 0 Å². The first-order chi connectivity index (χ1) is 9.58. The number of aryl methyl sites for hydroxylation is 1. The van der Waals surface area contributed by atoms with E-state index in [0.717, 1.165) is 25.0 Å². The van der Waals surface area contributed by atoms with Gasteiger partial charge in [0, 0.05) is 24.6 Å². The maximum Gasteiger partial charge on any atom is 0.134 e. The van der Waals surface area contributed by atoms with Crippen LogP contribution >= 0.6 is 0 Å². The Kier molecular flexibility index (Phi) is 6.65. The van der Waals surface area contributed by atoms with Crippen LogP contribution in [0.2, 0.25) is 0 Å². The lowest BCUT2D eigenvalue weighted by atomic mass is 10.0. The summed E-state index contributed by atoms with van der Waals surface area (Å²) in [7, 11) is 0. The summed E-state index contributed by atoms with van der Waals surface area (Å²) in [6.45, 7) is 8.93. The van der Waals surface area contributed by atoms with Gasteiger partial charge in [-0.05, 0) is 44.4 Å². The van der Waals surface area contributed by atoms with Crippen LogP contribution in [0.15, 0.2) is 12.1 Å². The van der Waals surface area contributed by atoms with Crippen molar-refractivity contribution in [2.45, 2.75) is 46.6 Å². The first-order valence-electron chi connectivity index (χ1n) is 7.29. The van der Waals surface area contributed by atoms with Crippen molar-refractivity contribution in [1.82, 2.24) is 0 Å². The number of nitrogens with one attached hydrogen (secondary N) is 2. The summed E-state index contributed by atoms with van der Waals surface area (Å²) in [6, 6.07) is 3.34. The second kappa shape index (κ2) is 8.00. The Morgan fingerprint density at radius 3 is 2.70 bits per heavy atom. The molecule has 1 aliphatic rings. The van der Waals surface area contributed by atoms with E-state index in [-0.39, 0.29) is 17.6 Å². The molecule has 2 rings (SSSR count). The number of rotatable bonds is 4. The average molecular weight is 280 g/mol. The van der Waals surface area contributed by atoms with Gasteiger partial charge in [0.05, 0.1) is 11.7 Å². The molecule has 1 aromatic carbocycles. The lowest BCUT2D eigenvalue weighted by Crippen LogP contribution is -2.20. The maximum absolute atomic E-state index is 13.9. The van der Waals surface area contributed by atoms with Gasteiger partial charge in [0.2, 0.25) is 0 Å². The van der Waals surface area contributed by atoms with E-state index in [1.54, 1.807) is 6.92 Å². The van der Waals surface area contributed by atoms with Gasteiger partial charge in [-0.2, -0.15) is 0 Å². The van der Waals surface area contributed by atoms with Crippen LogP contribution in [-0.2, 0) is 4.74 Å². The molecule has 1 saturated heterocycles. The fourth-order valence-electron chi connectivity index (χ4n) is 2.29. The molecule has 0 spiro atoms. The molecule has 0 aliphatic carbocycles. The Labute approximate surface area is 121 Å². The molecule has 0 saturated carbocycles. The summed E-state index contributed by atoms with van der Waals surface area (Å²) >= 11 is 0. The molecule has 1 fully saturated rings. The van der Waals surface area contributed by atoms with Gasteiger partial charge in [-0.15, -0.1) is 0 Å². The summed E-state index contributed by atoms with van der Waals surface area (Å²) < 4.78 is 19.4. The largest absolute Gasteiger partial charge is 0.382 e. The van der Waals surface area contributed by atoms with Crippen molar-refractivity contribution in [3.8, 4) is 0 Å². The first kappa shape index (κ1) is 16.6. The van der Waals surface area contributed by atoms with Crippen LogP contribution in [0.1, 0.15) is 44.7 Å². The minimum absolute atomic E-state index is 0.201. The van der Waals surface area contributed by atoms with Crippen LogP contribution in [0.3, 0.4) is 0 Å². The zero-order valence-corrected chi connectivity index (χ0v) is 12.8. The molecule has 0 amide bonds. The standard InChI is InChI=1S/C14H19FN2O.C2H6/c1-9-6-12(15)14(10(2)16)13(7-9)17-8-11-4-3-5-18-11;1-2/h6-7,11,16-17H,3-5,8H2,1-2H3;1-2H3. The van der Waals surface area contributed by atoms with Gasteiger partial charge in [0.1, 0.15) is 5.82 Å². The Morgan fingerprint density at radius 2 is 2.15 bits per heavy atom. The van der Waals surface area contributed by atoms with Crippen LogP contribution in [0.5, 0.6) is 0 Å². The van der Waals surface area contributed by atoms with Crippen molar-refractivity contribution in [3.63, 3.8) is 0 Å². The average Bonchev–Trinajstić information content (AvgIpc) is 2.90. The van der Waals surface area contributed by atoms with Crippen LogP contribution in [0, 0.1) is 18.2 Å². The number of hydrogen-bond donors (Lipinski definition) is 2. The van der Waals surface area contributed by atoms with E-state index in [2.05, 4.69) is 5.32 Å². The number of hydrogen-bond acceptors (Lipinski definition) is 3. The third-order valence-electron chi connectivity index (χ3n) is 3.15. The van der Waals surface area contributed by atoms with Crippen LogP contribution < -0.4 is 5.32 Å². The maximum atomic E-state index is 13.9. The van der Waals surface area contributed by atoms with E-state index >= 15 is 0 Å². The number of halogens is 1. The Hall–Kier alpha value is -1.42. The number of anilines is 1. The SMILES string of the molecule is CC.CC(=N)c1c(F)cc(C)cc1NCC1CCCO1. The molecule has 20 heavy (non-hydrogen) atoms. The molecule has 0 bridgehead atoms. The third kappa shape index (κ3) is 4.30. The van der Waals surface area contributed by atoms with Crippen molar-refractivity contribution in [1.29, 1.82) is 5.41 Å². The highest BCUT2D eigenvalue weighted by Crippen LogP contribution is 2.23. The van der Waals surface area contributed by atoms with Gasteiger partial charge in [0.15, 0.2) is 0 Å². The summed E-state index contributed by atoms with van der Waals surface area (Å²) in [5.41, 5.74) is 2.14. The van der Waals surface area contributed by atoms with Crippen LogP contribution in [-0.4, -0.2) is 25.0 Å². The van der Waals surface area contributed by atoms with Crippen molar-refractivity contribution in [3.05, 3.63) is 29.1 Å². The van der Waals surface area contributed by atoms with Crippen molar-refractivity contribution in [2.24, 2.45) is 0 Å². The van der Waals surface area contributed by atoms with E-state index in [1.807, 2.05) is 26.8 Å². The number of ether oxygens (including phenoxy) is 1. The highest BCUT2D eigenvalue weighted by Gasteiger charge is 2.17. The zero-order valence-electron chi connectivity index (χ0n) is 12.8. The van der Waals surface area contributed by atoms with Gasteiger partial charge in [-0.3, -0.25) is 0 Å².